The van der Waals surface area contributed by atoms with Crippen LogP contribution in [-0.2, 0) is 0 Å². The minimum absolute atomic E-state index is 0.849. The van der Waals surface area contributed by atoms with Crippen molar-refractivity contribution >= 4 is 5.69 Å². The third kappa shape index (κ3) is 5.14. The van der Waals surface area contributed by atoms with Gasteiger partial charge in [-0.3, -0.25) is 4.90 Å². The van der Waals surface area contributed by atoms with Gasteiger partial charge < -0.3 is 10.6 Å². The van der Waals surface area contributed by atoms with Crippen LogP contribution in [0.5, 0.6) is 0 Å². The first-order valence-electron chi connectivity index (χ1n) is 8.12. The molecule has 1 fully saturated rings. The van der Waals surface area contributed by atoms with E-state index in [4.69, 9.17) is 5.73 Å². The number of benzene rings is 1. The van der Waals surface area contributed by atoms with Crippen LogP contribution in [0.3, 0.4) is 0 Å². The molecule has 112 valence electrons. The van der Waals surface area contributed by atoms with Gasteiger partial charge in [-0.1, -0.05) is 37.5 Å². The lowest BCUT2D eigenvalue weighted by atomic mass is 10.1. The molecule has 0 bridgehead atoms. The lowest BCUT2D eigenvalue weighted by molar-refractivity contribution is 0.252. The van der Waals surface area contributed by atoms with E-state index in [9.17, 15) is 0 Å². The van der Waals surface area contributed by atoms with Crippen molar-refractivity contribution in [2.45, 2.75) is 32.1 Å². The molecule has 2 N–H and O–H groups in total. The summed E-state index contributed by atoms with van der Waals surface area (Å²) in [5, 5.41) is 0. The van der Waals surface area contributed by atoms with Crippen LogP contribution in [0, 0.1) is 0 Å². The van der Waals surface area contributed by atoms with Gasteiger partial charge >= 0.3 is 0 Å². The molecule has 1 aromatic rings. The van der Waals surface area contributed by atoms with Gasteiger partial charge in [0.15, 0.2) is 0 Å². The van der Waals surface area contributed by atoms with E-state index < -0.39 is 0 Å². The van der Waals surface area contributed by atoms with E-state index in [2.05, 4.69) is 40.1 Å². The Labute approximate surface area is 123 Å². The first-order chi connectivity index (χ1) is 9.90. The van der Waals surface area contributed by atoms with Gasteiger partial charge in [-0.15, -0.1) is 0 Å². The number of piperazine rings is 1. The van der Waals surface area contributed by atoms with Gasteiger partial charge in [-0.2, -0.15) is 0 Å². The lowest BCUT2D eigenvalue weighted by Crippen LogP contribution is -2.46. The zero-order valence-electron chi connectivity index (χ0n) is 12.6. The molecule has 1 aromatic carbocycles. The van der Waals surface area contributed by atoms with E-state index in [0.29, 0.717) is 0 Å². The fourth-order valence-electron chi connectivity index (χ4n) is 2.88. The number of nitrogens with zero attached hydrogens (tertiary/aromatic N) is 2. The molecule has 1 heterocycles. The van der Waals surface area contributed by atoms with Gasteiger partial charge in [0.25, 0.3) is 0 Å². The Hall–Kier alpha value is -1.06. The first kappa shape index (κ1) is 15.3. The highest BCUT2D eigenvalue weighted by Gasteiger charge is 2.16. The maximum Gasteiger partial charge on any atom is 0.0367 e. The molecule has 0 atom stereocenters. The predicted octanol–water partition coefficient (Wildman–Crippen LogP) is 2.72. The zero-order chi connectivity index (χ0) is 14.0. The second kappa shape index (κ2) is 8.98. The Balaban J connectivity index is 1.58. The van der Waals surface area contributed by atoms with Crippen molar-refractivity contribution in [3.63, 3.8) is 0 Å². The molecule has 0 spiro atoms. The number of rotatable bonds is 8. The molecule has 0 radical (unpaired) electrons. The number of anilines is 1. The van der Waals surface area contributed by atoms with Gasteiger partial charge in [-0.25, -0.2) is 0 Å². The third-order valence-corrected chi connectivity index (χ3v) is 4.17. The average Bonchev–Trinajstić information content (AvgIpc) is 2.52. The Morgan fingerprint density at radius 2 is 1.45 bits per heavy atom. The number of hydrogen-bond acceptors (Lipinski definition) is 3. The van der Waals surface area contributed by atoms with Crippen LogP contribution in [0.1, 0.15) is 32.1 Å². The molecule has 3 nitrogen and oxygen atoms in total. The largest absolute Gasteiger partial charge is 0.369 e. The highest BCUT2D eigenvalue weighted by molar-refractivity contribution is 5.46. The molecule has 1 aliphatic rings. The van der Waals surface area contributed by atoms with Gasteiger partial charge in [0.1, 0.15) is 0 Å². The number of unbranched alkanes of at least 4 members (excludes halogenated alkanes) is 4. The minimum atomic E-state index is 0.849. The molecular weight excluding hydrogens is 246 g/mol. The Morgan fingerprint density at radius 3 is 2.15 bits per heavy atom. The molecule has 0 aliphatic carbocycles. The summed E-state index contributed by atoms with van der Waals surface area (Å²) in [5.74, 6) is 0. The Morgan fingerprint density at radius 1 is 0.800 bits per heavy atom. The Kier molecular flexibility index (Phi) is 6.89. The van der Waals surface area contributed by atoms with Gasteiger partial charge in [0.05, 0.1) is 0 Å². The van der Waals surface area contributed by atoms with Crippen molar-refractivity contribution < 1.29 is 0 Å². The minimum Gasteiger partial charge on any atom is -0.369 e. The predicted molar refractivity (Wildman–Crippen MR) is 87.2 cm³/mol. The molecule has 2 rings (SSSR count). The van der Waals surface area contributed by atoms with Crippen LogP contribution >= 0.6 is 0 Å². The van der Waals surface area contributed by atoms with Crippen molar-refractivity contribution in [2.75, 3.05) is 44.2 Å². The molecule has 0 saturated carbocycles. The first-order valence-corrected chi connectivity index (χ1v) is 8.12. The summed E-state index contributed by atoms with van der Waals surface area (Å²) in [6.45, 7) is 6.86. The van der Waals surface area contributed by atoms with Crippen LogP contribution in [0.15, 0.2) is 30.3 Å². The quantitative estimate of drug-likeness (QED) is 0.740. The maximum atomic E-state index is 5.51. The molecular formula is C17H29N3. The molecule has 1 aliphatic heterocycles. The van der Waals surface area contributed by atoms with Crippen molar-refractivity contribution in [2.24, 2.45) is 5.73 Å². The van der Waals surface area contributed by atoms with Crippen molar-refractivity contribution in [1.82, 2.24) is 4.90 Å². The van der Waals surface area contributed by atoms with E-state index in [0.717, 1.165) is 19.6 Å². The lowest BCUT2D eigenvalue weighted by Gasteiger charge is -2.36. The van der Waals surface area contributed by atoms with Crippen molar-refractivity contribution in [3.8, 4) is 0 Å². The van der Waals surface area contributed by atoms with Crippen molar-refractivity contribution in [3.05, 3.63) is 30.3 Å². The van der Waals surface area contributed by atoms with Gasteiger partial charge in [0.2, 0.25) is 0 Å². The van der Waals surface area contributed by atoms with E-state index in [1.54, 1.807) is 0 Å². The van der Waals surface area contributed by atoms with Crippen LogP contribution in [0.25, 0.3) is 0 Å². The highest BCUT2D eigenvalue weighted by Crippen LogP contribution is 2.15. The maximum absolute atomic E-state index is 5.51. The summed E-state index contributed by atoms with van der Waals surface area (Å²) >= 11 is 0. The molecule has 0 aromatic heterocycles. The van der Waals surface area contributed by atoms with Gasteiger partial charge in [-0.05, 0) is 38.1 Å². The number of nitrogens with two attached hydrogens (primary N) is 1. The molecule has 20 heavy (non-hydrogen) atoms. The van der Waals surface area contributed by atoms with E-state index in [-0.39, 0.29) is 0 Å². The summed E-state index contributed by atoms with van der Waals surface area (Å²) in [5.41, 5.74) is 6.88. The average molecular weight is 275 g/mol. The third-order valence-electron chi connectivity index (χ3n) is 4.17. The SMILES string of the molecule is NCCCCCCCN1CCN(c2ccccc2)CC1. The molecule has 1 saturated heterocycles. The molecule has 3 heteroatoms. The zero-order valence-corrected chi connectivity index (χ0v) is 12.6. The summed E-state index contributed by atoms with van der Waals surface area (Å²) in [4.78, 5) is 5.11. The smallest absolute Gasteiger partial charge is 0.0367 e. The van der Waals surface area contributed by atoms with Crippen LogP contribution in [0.2, 0.25) is 0 Å². The second-order valence-corrected chi connectivity index (χ2v) is 5.72. The normalized spacial score (nSPS) is 16.6. The van der Waals surface area contributed by atoms with Gasteiger partial charge in [0, 0.05) is 31.9 Å². The standard InChI is InChI=1S/C17H29N3/c18-11-7-2-1-3-8-12-19-13-15-20(16-14-19)17-9-5-4-6-10-17/h4-6,9-10H,1-3,7-8,11-16,18H2. The number of hydrogen-bond donors (Lipinski definition) is 1. The second-order valence-electron chi connectivity index (χ2n) is 5.72. The number of para-hydroxylation sites is 1. The van der Waals surface area contributed by atoms with E-state index in [1.165, 1.54) is 57.4 Å². The molecule has 0 unspecified atom stereocenters. The topological polar surface area (TPSA) is 32.5 Å². The highest BCUT2D eigenvalue weighted by atomic mass is 15.3. The fourth-order valence-corrected chi connectivity index (χ4v) is 2.88. The van der Waals surface area contributed by atoms with Crippen molar-refractivity contribution in [1.29, 1.82) is 0 Å². The van der Waals surface area contributed by atoms with E-state index in [1.807, 2.05) is 0 Å². The molecule has 0 amide bonds. The summed E-state index contributed by atoms with van der Waals surface area (Å²) in [7, 11) is 0. The fraction of sp³-hybridized carbons (Fsp3) is 0.647. The monoisotopic (exact) mass is 275 g/mol. The van der Waals surface area contributed by atoms with Crippen LogP contribution in [-0.4, -0.2) is 44.2 Å². The summed E-state index contributed by atoms with van der Waals surface area (Å²) in [6.07, 6.45) is 6.55. The Bertz CT molecular complexity index is 345. The van der Waals surface area contributed by atoms with Crippen LogP contribution < -0.4 is 10.6 Å². The van der Waals surface area contributed by atoms with Crippen LogP contribution in [0.4, 0.5) is 5.69 Å². The summed E-state index contributed by atoms with van der Waals surface area (Å²) < 4.78 is 0. The van der Waals surface area contributed by atoms with E-state index >= 15 is 0 Å². The summed E-state index contributed by atoms with van der Waals surface area (Å²) in [6, 6.07) is 10.8.